The first kappa shape index (κ1) is 23.2. The van der Waals surface area contributed by atoms with Crippen LogP contribution in [0.15, 0.2) is 42.7 Å². The average Bonchev–Trinajstić information content (AvgIpc) is 3.22. The van der Waals surface area contributed by atoms with Crippen molar-refractivity contribution in [2.45, 2.75) is 58.0 Å². The van der Waals surface area contributed by atoms with Crippen molar-refractivity contribution in [1.29, 1.82) is 0 Å². The summed E-state index contributed by atoms with van der Waals surface area (Å²) < 4.78 is 5.33. The van der Waals surface area contributed by atoms with Crippen LogP contribution in [0.4, 0.5) is 10.5 Å². The van der Waals surface area contributed by atoms with E-state index in [1.807, 2.05) is 36.7 Å². The summed E-state index contributed by atoms with van der Waals surface area (Å²) in [5.41, 5.74) is 3.42. The second kappa shape index (κ2) is 9.51. The van der Waals surface area contributed by atoms with Crippen LogP contribution in [-0.2, 0) is 11.2 Å². The highest BCUT2D eigenvalue weighted by atomic mass is 16.7. The van der Waals surface area contributed by atoms with E-state index in [4.69, 9.17) is 9.84 Å². The number of anilines is 1. The highest BCUT2D eigenvalue weighted by Crippen LogP contribution is 2.45. The Hall–Kier alpha value is -2.93. The lowest BCUT2D eigenvalue weighted by Gasteiger charge is -2.47. The van der Waals surface area contributed by atoms with Gasteiger partial charge in [0.05, 0.1) is 19.5 Å². The van der Waals surface area contributed by atoms with E-state index >= 15 is 0 Å². The summed E-state index contributed by atoms with van der Waals surface area (Å²) in [6.45, 7) is 5.99. The molecule has 1 amide bonds. The zero-order valence-corrected chi connectivity index (χ0v) is 19.7. The summed E-state index contributed by atoms with van der Waals surface area (Å²) in [5.74, 6) is 0.882. The van der Waals surface area contributed by atoms with Gasteiger partial charge in [-0.15, -0.1) is 0 Å². The number of carbonyl (C=O) groups excluding carboxylic acids is 1. The van der Waals surface area contributed by atoms with Crippen LogP contribution in [0.3, 0.4) is 0 Å². The summed E-state index contributed by atoms with van der Waals surface area (Å²) in [4.78, 5) is 31.4. The molecule has 0 saturated carbocycles. The van der Waals surface area contributed by atoms with Crippen molar-refractivity contribution < 1.29 is 23.9 Å². The van der Waals surface area contributed by atoms with Crippen LogP contribution in [0.5, 0.6) is 5.75 Å². The number of hydrogen-bond acceptors (Lipinski definition) is 5. The molecule has 176 valence electrons. The quantitative estimate of drug-likeness (QED) is 0.385. The van der Waals surface area contributed by atoms with Crippen LogP contribution >= 0.6 is 0 Å². The van der Waals surface area contributed by atoms with Crippen molar-refractivity contribution in [3.05, 3.63) is 53.9 Å². The topological polar surface area (TPSA) is 79.7 Å². The minimum absolute atomic E-state index is 0.0149. The van der Waals surface area contributed by atoms with Crippen molar-refractivity contribution in [3.63, 3.8) is 0 Å². The monoisotopic (exact) mass is 452 g/mol. The van der Waals surface area contributed by atoms with Gasteiger partial charge in [0.15, 0.2) is 0 Å². The van der Waals surface area contributed by atoms with Gasteiger partial charge in [-0.2, -0.15) is 0 Å². The molecule has 0 bridgehead atoms. The number of aryl methyl sites for hydroxylation is 1. The van der Waals surface area contributed by atoms with Gasteiger partial charge < -0.3 is 14.7 Å². The molecule has 7 nitrogen and oxygen atoms in total. The van der Waals surface area contributed by atoms with E-state index in [1.54, 1.807) is 6.07 Å². The standard InChI is InChI=1S/C26H33N3O4/c1-18(2)16-25(30)29(3,21-10-14-28(15-11-21)20-8-12-27-13-9-20)24-7-5-19-4-6-22(17-23(19)24)33-26(31)32/h4,6,8-9,12-13,17-18,21,24H,5,7,10-11,14-16H2,1-3H3/p+1. The number of pyridine rings is 1. The van der Waals surface area contributed by atoms with Crippen LogP contribution in [0.2, 0.25) is 0 Å². The van der Waals surface area contributed by atoms with Gasteiger partial charge in [-0.1, -0.05) is 19.9 Å². The molecule has 1 saturated heterocycles. The number of hydrogen-bond donors (Lipinski definition) is 1. The molecule has 2 aromatic rings. The first-order chi connectivity index (χ1) is 15.8. The largest absolute Gasteiger partial charge is 0.511 e. The lowest BCUT2D eigenvalue weighted by atomic mass is 9.93. The molecule has 2 atom stereocenters. The zero-order chi connectivity index (χ0) is 23.6. The van der Waals surface area contributed by atoms with Crippen LogP contribution in [-0.4, -0.2) is 52.8 Å². The normalized spacial score (nSPS) is 20.4. The van der Waals surface area contributed by atoms with E-state index < -0.39 is 6.16 Å². The molecule has 0 spiro atoms. The highest BCUT2D eigenvalue weighted by molar-refractivity contribution is 5.70. The van der Waals surface area contributed by atoms with Crippen molar-refractivity contribution in [3.8, 4) is 5.75 Å². The molecule has 1 aliphatic heterocycles. The minimum Gasteiger partial charge on any atom is -0.449 e. The Morgan fingerprint density at radius 2 is 1.85 bits per heavy atom. The Bertz CT molecular complexity index is 1000. The summed E-state index contributed by atoms with van der Waals surface area (Å²) in [7, 11) is 2.11. The Balaban J connectivity index is 1.63. The predicted octanol–water partition coefficient (Wildman–Crippen LogP) is 4.81. The van der Waals surface area contributed by atoms with Crippen LogP contribution in [0.1, 0.15) is 56.7 Å². The van der Waals surface area contributed by atoms with E-state index in [9.17, 15) is 9.59 Å². The van der Waals surface area contributed by atoms with Crippen LogP contribution in [0, 0.1) is 5.92 Å². The molecule has 0 radical (unpaired) electrons. The van der Waals surface area contributed by atoms with E-state index in [-0.39, 0.29) is 23.9 Å². The molecule has 2 aliphatic rings. The highest BCUT2D eigenvalue weighted by Gasteiger charge is 2.50. The number of carbonyl (C=O) groups is 2. The van der Waals surface area contributed by atoms with Gasteiger partial charge in [-0.05, 0) is 42.2 Å². The summed E-state index contributed by atoms with van der Waals surface area (Å²) >= 11 is 0. The molecule has 1 fully saturated rings. The van der Waals surface area contributed by atoms with Crippen molar-refractivity contribution >= 4 is 17.7 Å². The number of amides is 1. The minimum atomic E-state index is -1.32. The van der Waals surface area contributed by atoms with Crippen molar-refractivity contribution in [2.75, 3.05) is 25.0 Å². The second-order valence-electron chi connectivity index (χ2n) is 9.85. The van der Waals surface area contributed by atoms with Crippen molar-refractivity contribution in [1.82, 2.24) is 4.98 Å². The Labute approximate surface area is 195 Å². The summed E-state index contributed by atoms with van der Waals surface area (Å²) in [5, 5.41) is 9.06. The van der Waals surface area contributed by atoms with Gasteiger partial charge in [0.25, 0.3) is 0 Å². The molecule has 4 rings (SSSR count). The number of quaternary nitrogens is 1. The molecule has 2 unspecified atom stereocenters. The Kier molecular flexibility index (Phi) is 6.70. The number of piperidine rings is 1. The third-order valence-electron chi connectivity index (χ3n) is 7.39. The smallest absolute Gasteiger partial charge is 0.449 e. The Morgan fingerprint density at radius 1 is 1.15 bits per heavy atom. The number of aromatic nitrogens is 1. The molecular formula is C26H34N3O4+. The fourth-order valence-corrected chi connectivity index (χ4v) is 5.67. The first-order valence-electron chi connectivity index (χ1n) is 11.9. The Morgan fingerprint density at radius 3 is 2.48 bits per heavy atom. The van der Waals surface area contributed by atoms with Crippen LogP contribution < -0.4 is 9.64 Å². The second-order valence-corrected chi connectivity index (χ2v) is 9.85. The number of benzene rings is 1. The lowest BCUT2D eigenvalue weighted by Crippen LogP contribution is -2.61. The van der Waals surface area contributed by atoms with Gasteiger partial charge in [-0.25, -0.2) is 9.59 Å². The average molecular weight is 453 g/mol. The maximum absolute atomic E-state index is 13.8. The summed E-state index contributed by atoms with van der Waals surface area (Å²) in [6, 6.07) is 9.81. The van der Waals surface area contributed by atoms with Gasteiger partial charge in [0.1, 0.15) is 11.8 Å². The molecule has 33 heavy (non-hydrogen) atoms. The number of carboxylic acid groups (broad SMARTS) is 1. The molecule has 1 aromatic carbocycles. The maximum atomic E-state index is 13.8. The number of rotatable bonds is 6. The van der Waals surface area contributed by atoms with Gasteiger partial charge in [0.2, 0.25) is 0 Å². The first-order valence-corrected chi connectivity index (χ1v) is 11.9. The van der Waals surface area contributed by atoms with E-state index in [0.717, 1.165) is 44.3 Å². The fraction of sp³-hybridized carbons (Fsp3) is 0.500. The van der Waals surface area contributed by atoms with Gasteiger partial charge in [0, 0.05) is 56.0 Å². The van der Waals surface area contributed by atoms with E-state index in [2.05, 4.69) is 30.8 Å². The lowest BCUT2D eigenvalue weighted by molar-refractivity contribution is -0.892. The molecule has 1 aliphatic carbocycles. The third kappa shape index (κ3) is 4.74. The molecule has 2 heterocycles. The molecule has 7 heteroatoms. The van der Waals surface area contributed by atoms with Crippen LogP contribution in [0.25, 0.3) is 0 Å². The van der Waals surface area contributed by atoms with Crippen molar-refractivity contribution in [2.24, 2.45) is 5.92 Å². The molecule has 1 N–H and O–H groups in total. The SMILES string of the molecule is CC(C)CC(=O)[N+](C)(C1CCN(c2ccncc2)CC1)C1CCc2ccc(OC(=O)O)cc21. The molecular weight excluding hydrogens is 418 g/mol. The van der Waals surface area contributed by atoms with Gasteiger partial charge in [-0.3, -0.25) is 9.47 Å². The number of fused-ring (bicyclic) bond motifs is 1. The molecule has 1 aromatic heterocycles. The zero-order valence-electron chi connectivity index (χ0n) is 19.7. The van der Waals surface area contributed by atoms with E-state index in [1.165, 1.54) is 11.3 Å². The summed E-state index contributed by atoms with van der Waals surface area (Å²) in [6.07, 6.45) is 6.50. The number of nitrogens with zero attached hydrogens (tertiary/aromatic N) is 3. The predicted molar refractivity (Wildman–Crippen MR) is 126 cm³/mol. The fourth-order valence-electron chi connectivity index (χ4n) is 5.67. The maximum Gasteiger partial charge on any atom is 0.511 e. The number of ether oxygens (including phenoxy) is 1. The van der Waals surface area contributed by atoms with Gasteiger partial charge >= 0.3 is 12.1 Å². The third-order valence-corrected chi connectivity index (χ3v) is 7.39. The van der Waals surface area contributed by atoms with E-state index in [0.29, 0.717) is 16.7 Å².